The molecule has 21 heavy (non-hydrogen) atoms. The van der Waals surface area contributed by atoms with Gasteiger partial charge < -0.3 is 14.0 Å². The van der Waals surface area contributed by atoms with Crippen LogP contribution in [0, 0.1) is 0 Å². The van der Waals surface area contributed by atoms with E-state index < -0.39 is 11.8 Å². The molecule has 1 aromatic heterocycles. The molecule has 0 N–H and O–H groups in total. The van der Waals surface area contributed by atoms with Crippen LogP contribution in [0.15, 0.2) is 17.5 Å². The smallest absolute Gasteiger partial charge is 0.380 e. The van der Waals surface area contributed by atoms with E-state index >= 15 is 0 Å². The number of esters is 1. The molecule has 0 aliphatic carbocycles. The molecule has 0 radical (unpaired) electrons. The second-order valence-electron chi connectivity index (χ2n) is 6.63. The molecule has 5 nitrogen and oxygen atoms in total. The maximum Gasteiger partial charge on any atom is 0.380 e. The number of nitrogens with zero attached hydrogens (tertiary/aromatic N) is 1. The van der Waals surface area contributed by atoms with E-state index in [-0.39, 0.29) is 6.10 Å². The molecule has 0 amide bonds. The maximum absolute atomic E-state index is 12.0. The number of hydrogen-bond acceptors (Lipinski definition) is 5. The minimum Gasteiger partial charge on any atom is -0.456 e. The van der Waals surface area contributed by atoms with Gasteiger partial charge in [0.2, 0.25) is 0 Å². The van der Waals surface area contributed by atoms with Crippen molar-refractivity contribution in [1.82, 2.24) is 0 Å². The molecule has 0 saturated carbocycles. The molecule has 3 aliphatic rings. The summed E-state index contributed by atoms with van der Waals surface area (Å²) in [7, 11) is 4.44. The van der Waals surface area contributed by atoms with E-state index in [1.165, 1.54) is 11.3 Å². The predicted octanol–water partition coefficient (Wildman–Crippen LogP) is 1.23. The van der Waals surface area contributed by atoms with E-state index in [0.29, 0.717) is 29.2 Å². The van der Waals surface area contributed by atoms with Crippen LogP contribution in [-0.2, 0) is 14.3 Å². The zero-order valence-corrected chi connectivity index (χ0v) is 12.8. The van der Waals surface area contributed by atoms with Crippen LogP contribution < -0.4 is 0 Å². The molecule has 1 unspecified atom stereocenters. The minimum absolute atomic E-state index is 0.154. The second-order valence-corrected chi connectivity index (χ2v) is 7.58. The van der Waals surface area contributed by atoms with Gasteiger partial charge in [-0.1, -0.05) is 6.07 Å². The Hall–Kier alpha value is -1.24. The average molecular weight is 308 g/mol. The molecule has 112 valence electrons. The topological polar surface area (TPSA) is 55.9 Å². The van der Waals surface area contributed by atoms with Crippen molar-refractivity contribution < 1.29 is 23.5 Å². The molecular formula is C15H18NO4S+. The van der Waals surface area contributed by atoms with Crippen molar-refractivity contribution >= 4 is 23.1 Å². The summed E-state index contributed by atoms with van der Waals surface area (Å²) in [5, 5.41) is 1.78. The third kappa shape index (κ3) is 1.97. The summed E-state index contributed by atoms with van der Waals surface area (Å²) in [6.07, 6.45) is 2.06. The number of fused-ring (bicyclic) bond motifs is 5. The number of piperidine rings is 1. The number of Topliss-reactive ketones (excluding diaryl/α,β-unsaturated/α-hetero) is 1. The van der Waals surface area contributed by atoms with Crippen LogP contribution in [0.2, 0.25) is 0 Å². The number of carbonyl (C=O) groups excluding carboxylic acids is 2. The summed E-state index contributed by atoms with van der Waals surface area (Å²) >= 11 is 1.27. The zero-order valence-electron chi connectivity index (χ0n) is 12.0. The van der Waals surface area contributed by atoms with E-state index in [1.54, 1.807) is 17.5 Å². The number of thiophene rings is 1. The standard InChI is InChI=1S/C15H18NO4S/c1-16(2)9-6-8(7-10(16)14-13(9)20-14)19-15(18)12(17)11-4-3-5-21-11/h3-5,8-10,13-14H,6-7H2,1-2H3/q+1/t8?,9-,10+,13-,14+. The number of hydrogen-bond donors (Lipinski definition) is 0. The molecule has 3 aliphatic heterocycles. The normalized spacial score (nSPS) is 38.7. The highest BCUT2D eigenvalue weighted by molar-refractivity contribution is 7.12. The lowest BCUT2D eigenvalue weighted by molar-refractivity contribution is -0.938. The number of likely N-dealkylation sites (N-methyl/N-ethyl adjacent to an activating group) is 1. The van der Waals surface area contributed by atoms with Crippen LogP contribution in [0.5, 0.6) is 0 Å². The van der Waals surface area contributed by atoms with Gasteiger partial charge in [0.25, 0.3) is 5.78 Å². The molecule has 3 fully saturated rings. The van der Waals surface area contributed by atoms with Crippen LogP contribution in [-0.4, -0.2) is 60.7 Å². The molecule has 0 aromatic carbocycles. The van der Waals surface area contributed by atoms with Crippen molar-refractivity contribution in [1.29, 1.82) is 0 Å². The Labute approximate surface area is 127 Å². The molecule has 6 heteroatoms. The Morgan fingerprint density at radius 2 is 1.95 bits per heavy atom. The summed E-state index contributed by atoms with van der Waals surface area (Å²) < 4.78 is 12.1. The Balaban J connectivity index is 1.43. The highest BCUT2D eigenvalue weighted by Gasteiger charge is 2.70. The van der Waals surface area contributed by atoms with Crippen LogP contribution in [0.25, 0.3) is 0 Å². The van der Waals surface area contributed by atoms with Gasteiger partial charge in [0.05, 0.1) is 19.0 Å². The fourth-order valence-corrected chi connectivity index (χ4v) is 4.67. The lowest BCUT2D eigenvalue weighted by atomic mass is 9.96. The van der Waals surface area contributed by atoms with Gasteiger partial charge in [-0.2, -0.15) is 0 Å². The third-order valence-electron chi connectivity index (χ3n) is 5.24. The molecule has 0 spiro atoms. The number of quaternary nitrogens is 1. The number of carbonyl (C=O) groups is 2. The fraction of sp³-hybridized carbons (Fsp3) is 0.600. The van der Waals surface area contributed by atoms with Crippen molar-refractivity contribution in [2.75, 3.05) is 14.1 Å². The monoisotopic (exact) mass is 308 g/mol. The Kier molecular flexibility index (Phi) is 2.80. The molecule has 2 bridgehead atoms. The van der Waals surface area contributed by atoms with Crippen molar-refractivity contribution in [3.05, 3.63) is 22.4 Å². The van der Waals surface area contributed by atoms with Crippen LogP contribution in [0.3, 0.4) is 0 Å². The number of epoxide rings is 1. The summed E-state index contributed by atoms with van der Waals surface area (Å²) in [6, 6.07) is 4.17. The summed E-state index contributed by atoms with van der Waals surface area (Å²) in [5.41, 5.74) is 0. The highest BCUT2D eigenvalue weighted by Crippen LogP contribution is 2.51. The van der Waals surface area contributed by atoms with Gasteiger partial charge in [-0.15, -0.1) is 11.3 Å². The molecule has 4 heterocycles. The van der Waals surface area contributed by atoms with Gasteiger partial charge in [-0.05, 0) is 11.4 Å². The van der Waals surface area contributed by atoms with Crippen LogP contribution in [0.4, 0.5) is 0 Å². The van der Waals surface area contributed by atoms with Crippen molar-refractivity contribution in [2.24, 2.45) is 0 Å². The van der Waals surface area contributed by atoms with Crippen molar-refractivity contribution in [2.45, 2.75) is 43.2 Å². The number of rotatable bonds is 3. The lowest BCUT2D eigenvalue weighted by Crippen LogP contribution is -2.60. The Morgan fingerprint density at radius 1 is 1.29 bits per heavy atom. The first-order chi connectivity index (χ1) is 9.98. The van der Waals surface area contributed by atoms with Gasteiger partial charge in [0.15, 0.2) is 0 Å². The fourth-order valence-electron chi connectivity index (χ4n) is 4.01. The first kappa shape index (κ1) is 13.4. The van der Waals surface area contributed by atoms with Gasteiger partial charge >= 0.3 is 5.97 Å². The Morgan fingerprint density at radius 3 is 2.52 bits per heavy atom. The predicted molar refractivity (Wildman–Crippen MR) is 76.1 cm³/mol. The third-order valence-corrected chi connectivity index (χ3v) is 6.11. The van der Waals surface area contributed by atoms with Crippen molar-refractivity contribution in [3.63, 3.8) is 0 Å². The lowest BCUT2D eigenvalue weighted by Gasteiger charge is -2.45. The van der Waals surface area contributed by atoms with Crippen LogP contribution in [0.1, 0.15) is 22.5 Å². The highest BCUT2D eigenvalue weighted by atomic mass is 32.1. The average Bonchev–Trinajstić information content (AvgIpc) is 2.98. The van der Waals surface area contributed by atoms with Crippen molar-refractivity contribution in [3.8, 4) is 0 Å². The first-order valence-electron chi connectivity index (χ1n) is 7.26. The number of ketones is 1. The molecule has 4 rings (SSSR count). The molecular weight excluding hydrogens is 290 g/mol. The SMILES string of the molecule is C[N+]1(C)[C@@H]2CC(OC(=O)C(=O)c3cccs3)C[C@H]1[C@@H]1O[C@@H]12. The quantitative estimate of drug-likeness (QED) is 0.277. The van der Waals surface area contributed by atoms with E-state index in [1.807, 2.05) is 0 Å². The molecule has 1 aromatic rings. The largest absolute Gasteiger partial charge is 0.456 e. The van der Waals surface area contributed by atoms with Gasteiger partial charge in [-0.25, -0.2) is 4.79 Å². The summed E-state index contributed by atoms with van der Waals surface area (Å²) in [5.74, 6) is -1.25. The van der Waals surface area contributed by atoms with E-state index in [4.69, 9.17) is 9.47 Å². The van der Waals surface area contributed by atoms with Gasteiger partial charge in [-0.3, -0.25) is 4.79 Å². The minimum atomic E-state index is -0.719. The molecule has 3 saturated heterocycles. The zero-order chi connectivity index (χ0) is 14.8. The molecule has 5 atom stereocenters. The summed E-state index contributed by atoms with van der Waals surface area (Å²) in [4.78, 5) is 24.4. The Bertz CT molecular complexity index is 577. The summed E-state index contributed by atoms with van der Waals surface area (Å²) in [6.45, 7) is 0. The number of morpholine rings is 1. The number of ether oxygens (including phenoxy) is 2. The second kappa shape index (κ2) is 4.38. The first-order valence-corrected chi connectivity index (χ1v) is 8.14. The van der Waals surface area contributed by atoms with E-state index in [2.05, 4.69) is 14.1 Å². The van der Waals surface area contributed by atoms with Gasteiger partial charge in [0.1, 0.15) is 30.4 Å². The van der Waals surface area contributed by atoms with E-state index in [0.717, 1.165) is 17.3 Å². The van der Waals surface area contributed by atoms with E-state index in [9.17, 15) is 9.59 Å². The maximum atomic E-state index is 12.0. The van der Waals surface area contributed by atoms with Crippen LogP contribution >= 0.6 is 11.3 Å². The van der Waals surface area contributed by atoms with Gasteiger partial charge in [0, 0.05) is 12.8 Å².